The van der Waals surface area contributed by atoms with Crippen LogP contribution in [0.5, 0.6) is 0 Å². The van der Waals surface area contributed by atoms with Crippen LogP contribution in [0.25, 0.3) is 0 Å². The molecule has 1 fully saturated rings. The minimum absolute atomic E-state index is 0.495. The SMILES string of the molecule is CCC(CC)(CN1CCC(CNC)C1)SC. The fraction of sp³-hybridized carbons (Fsp3) is 1.00. The van der Waals surface area contributed by atoms with E-state index >= 15 is 0 Å². The zero-order valence-corrected chi connectivity index (χ0v) is 12.2. The fourth-order valence-electron chi connectivity index (χ4n) is 2.75. The van der Waals surface area contributed by atoms with Gasteiger partial charge in [-0.15, -0.1) is 0 Å². The highest BCUT2D eigenvalue weighted by Gasteiger charge is 2.31. The Morgan fingerprint density at radius 3 is 2.56 bits per heavy atom. The smallest absolute Gasteiger partial charge is 0.0279 e. The molecule has 0 spiro atoms. The van der Waals surface area contributed by atoms with Gasteiger partial charge in [0.2, 0.25) is 0 Å². The zero-order valence-electron chi connectivity index (χ0n) is 11.4. The van der Waals surface area contributed by atoms with Crippen molar-refractivity contribution < 1.29 is 0 Å². The predicted molar refractivity (Wildman–Crippen MR) is 75.3 cm³/mol. The van der Waals surface area contributed by atoms with Crippen LogP contribution in [0, 0.1) is 5.92 Å². The summed E-state index contributed by atoms with van der Waals surface area (Å²) in [4.78, 5) is 2.67. The normalized spacial score (nSPS) is 22.9. The van der Waals surface area contributed by atoms with E-state index in [9.17, 15) is 0 Å². The van der Waals surface area contributed by atoms with Crippen LogP contribution in [0.4, 0.5) is 0 Å². The van der Waals surface area contributed by atoms with Crippen molar-refractivity contribution in [3.8, 4) is 0 Å². The number of hydrogen-bond donors (Lipinski definition) is 1. The van der Waals surface area contributed by atoms with Gasteiger partial charge in [0, 0.05) is 17.8 Å². The summed E-state index contributed by atoms with van der Waals surface area (Å²) < 4.78 is 0.495. The molecule has 0 aromatic heterocycles. The first-order valence-electron chi connectivity index (χ1n) is 6.61. The highest BCUT2D eigenvalue weighted by Crippen LogP contribution is 2.32. The molecule has 0 aliphatic carbocycles. The van der Waals surface area contributed by atoms with Gasteiger partial charge < -0.3 is 10.2 Å². The third kappa shape index (κ3) is 3.64. The van der Waals surface area contributed by atoms with Crippen LogP contribution >= 0.6 is 11.8 Å². The summed E-state index contributed by atoms with van der Waals surface area (Å²) >= 11 is 2.06. The highest BCUT2D eigenvalue weighted by molar-refractivity contribution is 8.00. The first kappa shape index (κ1) is 14.3. The number of likely N-dealkylation sites (tertiary alicyclic amines) is 1. The summed E-state index contributed by atoms with van der Waals surface area (Å²) in [6.07, 6.45) is 6.22. The summed E-state index contributed by atoms with van der Waals surface area (Å²) in [5, 5.41) is 3.30. The molecular formula is C13H28N2S. The molecular weight excluding hydrogens is 216 g/mol. The van der Waals surface area contributed by atoms with Crippen molar-refractivity contribution in [1.82, 2.24) is 10.2 Å². The second-order valence-corrected chi connectivity index (χ2v) is 6.32. The third-order valence-electron chi connectivity index (χ3n) is 4.10. The summed E-state index contributed by atoms with van der Waals surface area (Å²) in [7, 11) is 2.06. The van der Waals surface area contributed by atoms with Gasteiger partial charge in [-0.05, 0) is 51.6 Å². The number of nitrogens with zero attached hydrogens (tertiary/aromatic N) is 1. The quantitative estimate of drug-likeness (QED) is 0.740. The van der Waals surface area contributed by atoms with Gasteiger partial charge in [-0.2, -0.15) is 11.8 Å². The van der Waals surface area contributed by atoms with Gasteiger partial charge in [0.1, 0.15) is 0 Å². The monoisotopic (exact) mass is 244 g/mol. The van der Waals surface area contributed by atoms with Crippen LogP contribution < -0.4 is 5.32 Å². The highest BCUT2D eigenvalue weighted by atomic mass is 32.2. The maximum Gasteiger partial charge on any atom is 0.0279 e. The minimum Gasteiger partial charge on any atom is -0.319 e. The van der Waals surface area contributed by atoms with E-state index in [1.165, 1.54) is 45.4 Å². The van der Waals surface area contributed by atoms with E-state index < -0.39 is 0 Å². The van der Waals surface area contributed by atoms with Crippen molar-refractivity contribution in [1.29, 1.82) is 0 Å². The molecule has 1 atom stereocenters. The van der Waals surface area contributed by atoms with E-state index in [4.69, 9.17) is 0 Å². The Labute approximate surface area is 106 Å². The van der Waals surface area contributed by atoms with Gasteiger partial charge in [0.05, 0.1) is 0 Å². The van der Waals surface area contributed by atoms with Gasteiger partial charge in [0.25, 0.3) is 0 Å². The Bertz CT molecular complexity index is 184. The Morgan fingerprint density at radius 1 is 1.38 bits per heavy atom. The molecule has 2 nitrogen and oxygen atoms in total. The lowest BCUT2D eigenvalue weighted by Crippen LogP contribution is -2.39. The van der Waals surface area contributed by atoms with Crippen molar-refractivity contribution in [2.45, 2.75) is 37.9 Å². The number of thioether (sulfide) groups is 1. The molecule has 1 rings (SSSR count). The van der Waals surface area contributed by atoms with Crippen LogP contribution in [-0.4, -0.2) is 49.1 Å². The molecule has 1 saturated heterocycles. The maximum absolute atomic E-state index is 3.30. The third-order valence-corrected chi connectivity index (χ3v) is 5.67. The average Bonchev–Trinajstić information content (AvgIpc) is 2.74. The largest absolute Gasteiger partial charge is 0.319 e. The van der Waals surface area contributed by atoms with Gasteiger partial charge >= 0.3 is 0 Å². The number of hydrogen-bond acceptors (Lipinski definition) is 3. The lowest BCUT2D eigenvalue weighted by molar-refractivity contribution is 0.278. The van der Waals surface area contributed by atoms with Crippen molar-refractivity contribution in [3.05, 3.63) is 0 Å². The molecule has 0 bridgehead atoms. The summed E-state index contributed by atoms with van der Waals surface area (Å²) in [6.45, 7) is 9.72. The standard InChI is InChI=1S/C13H28N2S/c1-5-13(6-2,16-4)11-15-8-7-12(10-15)9-14-3/h12,14H,5-11H2,1-4H3. The second-order valence-electron chi connectivity index (χ2n) is 5.04. The number of nitrogens with one attached hydrogen (secondary N) is 1. The van der Waals surface area contributed by atoms with Gasteiger partial charge in [0.15, 0.2) is 0 Å². The Kier molecular flexibility index (Phi) is 6.16. The molecule has 0 aromatic carbocycles. The van der Waals surface area contributed by atoms with Crippen LogP contribution in [0.3, 0.4) is 0 Å². The Morgan fingerprint density at radius 2 is 2.06 bits per heavy atom. The molecule has 1 unspecified atom stereocenters. The molecule has 3 heteroatoms. The van der Waals surface area contributed by atoms with Crippen LogP contribution in [0.1, 0.15) is 33.1 Å². The molecule has 1 aliphatic rings. The van der Waals surface area contributed by atoms with Crippen molar-refractivity contribution in [3.63, 3.8) is 0 Å². The van der Waals surface area contributed by atoms with Crippen molar-refractivity contribution in [2.75, 3.05) is 39.5 Å². The second kappa shape index (κ2) is 6.87. The first-order chi connectivity index (χ1) is 7.69. The van der Waals surface area contributed by atoms with E-state index in [-0.39, 0.29) is 0 Å². The molecule has 1 heterocycles. The summed E-state index contributed by atoms with van der Waals surface area (Å²) in [5.74, 6) is 0.873. The predicted octanol–water partition coefficient (Wildman–Crippen LogP) is 2.45. The van der Waals surface area contributed by atoms with E-state index in [1.54, 1.807) is 0 Å². The van der Waals surface area contributed by atoms with Gasteiger partial charge in [-0.3, -0.25) is 0 Å². The van der Waals surface area contributed by atoms with E-state index in [0.717, 1.165) is 5.92 Å². The van der Waals surface area contributed by atoms with Crippen LogP contribution in [0.15, 0.2) is 0 Å². The Balaban J connectivity index is 2.42. The average molecular weight is 244 g/mol. The van der Waals surface area contributed by atoms with Crippen molar-refractivity contribution in [2.24, 2.45) is 5.92 Å². The summed E-state index contributed by atoms with van der Waals surface area (Å²) in [5.41, 5.74) is 0. The molecule has 0 saturated carbocycles. The van der Waals surface area contributed by atoms with Gasteiger partial charge in [-0.25, -0.2) is 0 Å². The van der Waals surface area contributed by atoms with Gasteiger partial charge in [-0.1, -0.05) is 13.8 Å². The first-order valence-corrected chi connectivity index (χ1v) is 7.84. The lowest BCUT2D eigenvalue weighted by Gasteiger charge is -2.34. The van der Waals surface area contributed by atoms with Crippen molar-refractivity contribution >= 4 is 11.8 Å². The topological polar surface area (TPSA) is 15.3 Å². The maximum atomic E-state index is 3.30. The molecule has 16 heavy (non-hydrogen) atoms. The van der Waals surface area contributed by atoms with E-state index in [0.29, 0.717) is 4.75 Å². The van der Waals surface area contributed by atoms with Crippen LogP contribution in [0.2, 0.25) is 0 Å². The lowest BCUT2D eigenvalue weighted by atomic mass is 10.0. The minimum atomic E-state index is 0.495. The molecule has 1 N–H and O–H groups in total. The zero-order chi connectivity index (χ0) is 12.0. The molecule has 0 aromatic rings. The summed E-state index contributed by atoms with van der Waals surface area (Å²) in [6, 6.07) is 0. The van der Waals surface area contributed by atoms with E-state index in [2.05, 4.69) is 49.1 Å². The molecule has 0 radical (unpaired) electrons. The number of rotatable bonds is 7. The molecule has 1 aliphatic heterocycles. The Hall–Kier alpha value is 0.270. The fourth-order valence-corrected chi connectivity index (χ4v) is 3.64. The van der Waals surface area contributed by atoms with E-state index in [1.807, 2.05) is 0 Å². The molecule has 96 valence electrons. The molecule has 0 amide bonds. The van der Waals surface area contributed by atoms with Crippen LogP contribution in [-0.2, 0) is 0 Å².